The van der Waals surface area contributed by atoms with Crippen LogP contribution in [-0.4, -0.2) is 105 Å². The number of piperazine rings is 1. The molecule has 5 rings (SSSR count). The largest absolute Gasteiger partial charge is 0.404 e. The van der Waals surface area contributed by atoms with Gasteiger partial charge in [0.05, 0.1) is 18.3 Å². The predicted octanol–water partition coefficient (Wildman–Crippen LogP) is 4.00. The van der Waals surface area contributed by atoms with Gasteiger partial charge >= 0.3 is 0 Å². The summed E-state index contributed by atoms with van der Waals surface area (Å²) in [5, 5.41) is 0. The summed E-state index contributed by atoms with van der Waals surface area (Å²) in [6.07, 6.45) is 6.17. The molecule has 1 aromatic heterocycles. The van der Waals surface area contributed by atoms with E-state index in [1.54, 1.807) is 31.7 Å². The van der Waals surface area contributed by atoms with Gasteiger partial charge in [-0.05, 0) is 49.3 Å². The number of pyridine rings is 1. The van der Waals surface area contributed by atoms with Crippen LogP contribution in [0.2, 0.25) is 0 Å². The van der Waals surface area contributed by atoms with Crippen molar-refractivity contribution in [1.29, 1.82) is 0 Å². The number of likely N-dealkylation sites (N-methyl/N-ethyl adjacent to an activating group) is 2. The lowest BCUT2D eigenvalue weighted by Gasteiger charge is -2.36. The van der Waals surface area contributed by atoms with Crippen molar-refractivity contribution in [1.82, 2.24) is 19.7 Å². The van der Waals surface area contributed by atoms with Crippen molar-refractivity contribution in [3.05, 3.63) is 89.2 Å². The topological polar surface area (TPSA) is 126 Å². The highest BCUT2D eigenvalue weighted by Gasteiger charge is 2.31. The zero-order chi connectivity index (χ0) is 32.6. The van der Waals surface area contributed by atoms with Crippen molar-refractivity contribution in [2.75, 3.05) is 66.1 Å². The molecule has 0 spiro atoms. The lowest BCUT2D eigenvalue weighted by molar-refractivity contribution is 0.0373. The number of hydrogen-bond donors (Lipinski definition) is 2. The quantitative estimate of drug-likeness (QED) is 0.325. The van der Waals surface area contributed by atoms with Crippen LogP contribution in [0.3, 0.4) is 0 Å². The van der Waals surface area contributed by atoms with Crippen molar-refractivity contribution < 1.29 is 9.53 Å². The molecule has 10 nitrogen and oxygen atoms in total. The number of benzene rings is 2. The van der Waals surface area contributed by atoms with E-state index in [4.69, 9.17) is 16.2 Å². The average molecular weight is 623 g/mol. The first-order valence-electron chi connectivity index (χ1n) is 15.9. The SMILES string of the molecule is CN=CC(=CN)c1cnc(N)c(C(=O)N=CC2CN(C)C[C@@H]2OCc2ccc(-c3ccc(C(C)N4CCN(C)CC4)cc3)cc2)c1. The maximum atomic E-state index is 13.0. The van der Waals surface area contributed by atoms with E-state index in [9.17, 15) is 4.79 Å². The lowest BCUT2D eigenvalue weighted by atomic mass is 9.99. The Hall–Kier alpha value is -4.22. The Morgan fingerprint density at radius 2 is 1.70 bits per heavy atom. The Bertz CT molecular complexity index is 1560. The Labute approximate surface area is 272 Å². The minimum Gasteiger partial charge on any atom is -0.404 e. The van der Waals surface area contributed by atoms with Crippen LogP contribution >= 0.6 is 0 Å². The van der Waals surface area contributed by atoms with Gasteiger partial charge in [0.15, 0.2) is 0 Å². The lowest BCUT2D eigenvalue weighted by Crippen LogP contribution is -2.45. The van der Waals surface area contributed by atoms with Gasteiger partial charge in [-0.1, -0.05) is 48.5 Å². The van der Waals surface area contributed by atoms with E-state index in [1.165, 1.54) is 22.9 Å². The molecule has 3 heterocycles. The first-order chi connectivity index (χ1) is 22.2. The van der Waals surface area contributed by atoms with Crippen LogP contribution in [0.25, 0.3) is 16.7 Å². The van der Waals surface area contributed by atoms with Crippen molar-refractivity contribution in [2.24, 2.45) is 21.6 Å². The van der Waals surface area contributed by atoms with Gasteiger partial charge in [0.1, 0.15) is 5.82 Å². The molecule has 3 atom stereocenters. The highest BCUT2D eigenvalue weighted by molar-refractivity contribution is 6.11. The van der Waals surface area contributed by atoms with E-state index in [0.717, 1.165) is 44.8 Å². The highest BCUT2D eigenvalue weighted by atomic mass is 16.5. The van der Waals surface area contributed by atoms with Crippen LogP contribution in [0, 0.1) is 5.92 Å². The summed E-state index contributed by atoms with van der Waals surface area (Å²) < 4.78 is 6.35. The molecular formula is C36H46N8O2. The van der Waals surface area contributed by atoms with Gasteiger partial charge in [0.25, 0.3) is 5.91 Å². The monoisotopic (exact) mass is 622 g/mol. The molecule has 2 aliphatic rings. The van der Waals surface area contributed by atoms with Gasteiger partial charge < -0.3 is 26.0 Å². The normalized spacial score (nSPS) is 21.0. The molecule has 4 N–H and O–H groups in total. The number of aromatic nitrogens is 1. The highest BCUT2D eigenvalue weighted by Crippen LogP contribution is 2.27. The number of rotatable bonds is 10. The maximum absolute atomic E-state index is 13.0. The molecule has 2 fully saturated rings. The second kappa shape index (κ2) is 15.4. The number of aliphatic imine (C=N–C) groups is 2. The van der Waals surface area contributed by atoms with Gasteiger partial charge in [-0.15, -0.1) is 0 Å². The third-order valence-electron chi connectivity index (χ3n) is 9.03. The van der Waals surface area contributed by atoms with Crippen LogP contribution in [0.4, 0.5) is 5.82 Å². The number of ether oxygens (including phenoxy) is 1. The number of carbonyl (C=O) groups excluding carboxylic acids is 1. The number of likely N-dealkylation sites (tertiary alicyclic amines) is 1. The Morgan fingerprint density at radius 1 is 1.02 bits per heavy atom. The molecule has 1 amide bonds. The number of nitrogen functional groups attached to an aromatic ring is 1. The van der Waals surface area contributed by atoms with Gasteiger partial charge in [0.2, 0.25) is 0 Å². The van der Waals surface area contributed by atoms with Crippen molar-refractivity contribution in [3.63, 3.8) is 0 Å². The summed E-state index contributed by atoms with van der Waals surface area (Å²) >= 11 is 0. The van der Waals surface area contributed by atoms with E-state index in [-0.39, 0.29) is 23.4 Å². The molecule has 46 heavy (non-hydrogen) atoms. The number of carbonyl (C=O) groups is 1. The van der Waals surface area contributed by atoms with E-state index >= 15 is 0 Å². The van der Waals surface area contributed by atoms with Crippen LogP contribution in [0.15, 0.2) is 77.0 Å². The van der Waals surface area contributed by atoms with Gasteiger partial charge in [-0.25, -0.2) is 9.98 Å². The Balaban J connectivity index is 1.17. The molecule has 0 aliphatic carbocycles. The summed E-state index contributed by atoms with van der Waals surface area (Å²) in [7, 11) is 5.88. The molecule has 2 saturated heterocycles. The molecule has 242 valence electrons. The van der Waals surface area contributed by atoms with Crippen LogP contribution in [0.5, 0.6) is 0 Å². The summed E-state index contributed by atoms with van der Waals surface area (Å²) in [5.74, 6) is -0.377. The zero-order valence-corrected chi connectivity index (χ0v) is 27.3. The summed E-state index contributed by atoms with van der Waals surface area (Å²) in [6.45, 7) is 8.73. The van der Waals surface area contributed by atoms with Crippen molar-refractivity contribution in [2.45, 2.75) is 25.7 Å². The molecule has 0 radical (unpaired) electrons. The average Bonchev–Trinajstić information content (AvgIpc) is 3.44. The predicted molar refractivity (Wildman–Crippen MR) is 187 cm³/mol. The maximum Gasteiger partial charge on any atom is 0.280 e. The van der Waals surface area contributed by atoms with Crippen molar-refractivity contribution >= 4 is 29.7 Å². The first kappa shape index (κ1) is 33.2. The zero-order valence-electron chi connectivity index (χ0n) is 27.3. The van der Waals surface area contributed by atoms with Gasteiger partial charge in [-0.2, -0.15) is 0 Å². The second-order valence-electron chi connectivity index (χ2n) is 12.3. The Morgan fingerprint density at radius 3 is 2.35 bits per heavy atom. The first-order valence-corrected chi connectivity index (χ1v) is 15.9. The van der Waals surface area contributed by atoms with E-state index in [0.29, 0.717) is 23.8 Å². The smallest absolute Gasteiger partial charge is 0.280 e. The van der Waals surface area contributed by atoms with E-state index in [2.05, 4.69) is 92.2 Å². The van der Waals surface area contributed by atoms with Gasteiger partial charge in [0, 0.05) is 94.2 Å². The summed E-state index contributed by atoms with van der Waals surface area (Å²) in [6, 6.07) is 19.6. The van der Waals surface area contributed by atoms with Crippen LogP contribution < -0.4 is 11.5 Å². The molecule has 0 bridgehead atoms. The minimum absolute atomic E-state index is 0.0379. The van der Waals surface area contributed by atoms with Crippen molar-refractivity contribution in [3.8, 4) is 11.1 Å². The number of allylic oxidation sites excluding steroid dienone is 1. The molecule has 0 saturated carbocycles. The standard InChI is InChI=1S/C36H46N8O2/c1-25(44-15-13-42(3)14-16-44)27-9-11-29(12-10-27)28-7-5-26(6-8-28)24-46-34-23-43(4)22-32(34)21-41-36(45)33-17-30(20-40-35(33)38)31(18-37)19-39-2/h5-12,17-21,25,32,34H,13-16,22-24,37H2,1-4H3,(H2,38,40)/t25?,32?,34-/m0/s1. The number of amides is 1. The van der Waals surface area contributed by atoms with Crippen LogP contribution in [-0.2, 0) is 11.3 Å². The summed E-state index contributed by atoms with van der Waals surface area (Å²) in [4.78, 5) is 32.6. The third kappa shape index (κ3) is 8.13. The second-order valence-corrected chi connectivity index (χ2v) is 12.3. The van der Waals surface area contributed by atoms with Gasteiger partial charge in [-0.3, -0.25) is 14.7 Å². The number of anilines is 1. The molecule has 10 heteroatoms. The molecule has 3 aromatic rings. The van der Waals surface area contributed by atoms with E-state index in [1.807, 2.05) is 7.05 Å². The fourth-order valence-electron chi connectivity index (χ4n) is 6.08. The number of nitrogens with zero attached hydrogens (tertiary/aromatic N) is 6. The van der Waals surface area contributed by atoms with E-state index < -0.39 is 5.91 Å². The fraction of sp³-hybridized carbons (Fsp3) is 0.389. The minimum atomic E-state index is -0.456. The third-order valence-corrected chi connectivity index (χ3v) is 9.03. The molecule has 2 unspecified atom stereocenters. The molecular weight excluding hydrogens is 576 g/mol. The fourth-order valence-corrected chi connectivity index (χ4v) is 6.08. The molecule has 2 aromatic carbocycles. The molecule has 2 aliphatic heterocycles. The Kier molecular flexibility index (Phi) is 11.1. The summed E-state index contributed by atoms with van der Waals surface area (Å²) in [5.41, 5.74) is 18.1. The van der Waals surface area contributed by atoms with Crippen LogP contribution in [0.1, 0.15) is 40.0 Å². The number of hydrogen-bond acceptors (Lipinski definition) is 9. The number of nitrogens with two attached hydrogens (primary N) is 2.